The van der Waals surface area contributed by atoms with Gasteiger partial charge in [-0.3, -0.25) is 4.68 Å². The molecular weight excluding hydrogens is 258 g/mol. The highest BCUT2D eigenvalue weighted by Crippen LogP contribution is 2.32. The van der Waals surface area contributed by atoms with Crippen molar-refractivity contribution in [3.05, 3.63) is 18.0 Å². The first-order chi connectivity index (χ1) is 9.25. The number of rotatable bonds is 3. The van der Waals surface area contributed by atoms with Crippen molar-refractivity contribution in [3.63, 3.8) is 0 Å². The zero-order chi connectivity index (χ0) is 15.0. The van der Waals surface area contributed by atoms with E-state index in [1.165, 1.54) is 4.90 Å². The molecule has 0 aliphatic carbocycles. The summed E-state index contributed by atoms with van der Waals surface area (Å²) >= 11 is 0. The fraction of sp³-hybridized carbons (Fsp3) is 0.714. The van der Waals surface area contributed by atoms with Gasteiger partial charge in [0.2, 0.25) is 0 Å². The molecule has 0 radical (unpaired) electrons. The van der Waals surface area contributed by atoms with E-state index in [4.69, 9.17) is 4.74 Å². The molecule has 20 heavy (non-hydrogen) atoms. The Kier molecular flexibility index (Phi) is 3.77. The topological polar surface area (TPSA) is 67.6 Å². The molecule has 1 fully saturated rings. The molecule has 6 nitrogen and oxygen atoms in total. The highest BCUT2D eigenvalue weighted by Gasteiger charge is 2.48. The summed E-state index contributed by atoms with van der Waals surface area (Å²) in [5.74, 6) is 0. The Morgan fingerprint density at radius 2 is 2.15 bits per heavy atom. The van der Waals surface area contributed by atoms with Gasteiger partial charge in [-0.25, -0.2) is 4.79 Å². The van der Waals surface area contributed by atoms with Gasteiger partial charge < -0.3 is 14.7 Å². The van der Waals surface area contributed by atoms with E-state index in [-0.39, 0.29) is 19.2 Å². The molecule has 2 rings (SSSR count). The minimum absolute atomic E-state index is 0.247. The van der Waals surface area contributed by atoms with E-state index in [2.05, 4.69) is 12.0 Å². The van der Waals surface area contributed by atoms with E-state index in [0.29, 0.717) is 0 Å². The van der Waals surface area contributed by atoms with Crippen LogP contribution >= 0.6 is 0 Å². The number of carbonyl (C=O) groups is 1. The maximum Gasteiger partial charge on any atom is 0.410 e. The fourth-order valence-electron chi connectivity index (χ4n) is 2.32. The first-order valence-electron chi connectivity index (χ1n) is 6.98. The summed E-state index contributed by atoms with van der Waals surface area (Å²) in [6.07, 6.45) is 2.24. The zero-order valence-corrected chi connectivity index (χ0v) is 12.6. The van der Waals surface area contributed by atoms with Gasteiger partial charge in [0, 0.05) is 12.7 Å². The van der Waals surface area contributed by atoms with Crippen LogP contribution in [0.1, 0.15) is 39.8 Å². The molecule has 0 bridgehead atoms. The molecule has 112 valence electrons. The van der Waals surface area contributed by atoms with Crippen molar-refractivity contribution in [1.29, 1.82) is 0 Å². The van der Waals surface area contributed by atoms with Crippen molar-refractivity contribution in [3.8, 4) is 0 Å². The SMILES string of the molecule is CCCn1nccc1C1(O)CN(C(=O)OC(C)(C)C)C1. The van der Waals surface area contributed by atoms with Crippen LogP contribution in [0.5, 0.6) is 0 Å². The van der Waals surface area contributed by atoms with Gasteiger partial charge in [-0.15, -0.1) is 0 Å². The predicted molar refractivity (Wildman–Crippen MR) is 74.2 cm³/mol. The van der Waals surface area contributed by atoms with Crippen LogP contribution in [0.2, 0.25) is 0 Å². The molecular formula is C14H23N3O3. The summed E-state index contributed by atoms with van der Waals surface area (Å²) in [6.45, 7) is 8.79. The number of hydrogen-bond acceptors (Lipinski definition) is 4. The lowest BCUT2D eigenvalue weighted by Crippen LogP contribution is -2.62. The van der Waals surface area contributed by atoms with Crippen LogP contribution in [-0.4, -0.2) is 44.6 Å². The summed E-state index contributed by atoms with van der Waals surface area (Å²) in [5.41, 5.74) is -0.767. The number of carbonyl (C=O) groups excluding carboxylic acids is 1. The zero-order valence-electron chi connectivity index (χ0n) is 12.6. The van der Waals surface area contributed by atoms with Crippen LogP contribution in [0.25, 0.3) is 0 Å². The van der Waals surface area contributed by atoms with Crippen LogP contribution in [0.3, 0.4) is 0 Å². The summed E-state index contributed by atoms with van der Waals surface area (Å²) < 4.78 is 7.08. The lowest BCUT2D eigenvalue weighted by atomic mass is 9.90. The molecule has 1 amide bonds. The highest BCUT2D eigenvalue weighted by molar-refractivity contribution is 5.69. The van der Waals surface area contributed by atoms with Crippen molar-refractivity contribution in [2.24, 2.45) is 0 Å². The van der Waals surface area contributed by atoms with Crippen molar-refractivity contribution in [2.75, 3.05) is 13.1 Å². The Balaban J connectivity index is 2.00. The van der Waals surface area contributed by atoms with Crippen LogP contribution in [0.4, 0.5) is 4.79 Å². The molecule has 6 heteroatoms. The first kappa shape index (κ1) is 14.8. The number of β-amino-alcohol motifs (C(OH)–C–C–N with tert-alkyl or cyclic N) is 1. The van der Waals surface area contributed by atoms with Crippen LogP contribution in [0.15, 0.2) is 12.3 Å². The van der Waals surface area contributed by atoms with E-state index in [1.807, 2.05) is 26.8 Å². The summed E-state index contributed by atoms with van der Waals surface area (Å²) in [5, 5.41) is 14.8. The Morgan fingerprint density at radius 1 is 1.50 bits per heavy atom. The van der Waals surface area contributed by atoms with E-state index in [1.54, 1.807) is 10.9 Å². The average Bonchev–Trinajstić information content (AvgIpc) is 2.71. The normalized spacial score (nSPS) is 17.8. The second kappa shape index (κ2) is 5.09. The number of ether oxygens (including phenoxy) is 1. The van der Waals surface area contributed by atoms with Crippen molar-refractivity contribution in [2.45, 2.75) is 51.9 Å². The molecule has 1 aliphatic heterocycles. The van der Waals surface area contributed by atoms with Gasteiger partial charge in [0.05, 0.1) is 18.8 Å². The third kappa shape index (κ3) is 2.95. The molecule has 1 aliphatic rings. The Morgan fingerprint density at radius 3 is 2.70 bits per heavy atom. The first-order valence-corrected chi connectivity index (χ1v) is 6.98. The molecule has 1 aromatic heterocycles. The van der Waals surface area contributed by atoms with Gasteiger partial charge in [-0.1, -0.05) is 6.92 Å². The van der Waals surface area contributed by atoms with E-state index in [9.17, 15) is 9.90 Å². The minimum Gasteiger partial charge on any atom is -0.444 e. The highest BCUT2D eigenvalue weighted by atomic mass is 16.6. The molecule has 1 N–H and O–H groups in total. The van der Waals surface area contributed by atoms with Gasteiger partial charge in [0.1, 0.15) is 11.2 Å². The number of amides is 1. The number of aliphatic hydroxyl groups is 1. The van der Waals surface area contributed by atoms with E-state index >= 15 is 0 Å². The Bertz CT molecular complexity index is 484. The van der Waals surface area contributed by atoms with Crippen molar-refractivity contribution >= 4 is 6.09 Å². The van der Waals surface area contributed by atoms with Gasteiger partial charge in [0.15, 0.2) is 0 Å². The number of likely N-dealkylation sites (tertiary alicyclic amines) is 1. The molecule has 0 atom stereocenters. The smallest absolute Gasteiger partial charge is 0.410 e. The second-order valence-corrected chi connectivity index (χ2v) is 6.31. The quantitative estimate of drug-likeness (QED) is 0.916. The minimum atomic E-state index is -1.01. The van der Waals surface area contributed by atoms with Crippen LogP contribution < -0.4 is 0 Å². The molecule has 0 aromatic carbocycles. The number of hydrogen-bond donors (Lipinski definition) is 1. The molecule has 0 saturated carbocycles. The van der Waals surface area contributed by atoms with Crippen molar-refractivity contribution in [1.82, 2.24) is 14.7 Å². The van der Waals surface area contributed by atoms with Gasteiger partial charge in [0.25, 0.3) is 0 Å². The summed E-state index contributed by atoms with van der Waals surface area (Å²) in [4.78, 5) is 13.4. The lowest BCUT2D eigenvalue weighted by Gasteiger charge is -2.46. The molecule has 0 spiro atoms. The fourth-order valence-corrected chi connectivity index (χ4v) is 2.32. The molecule has 2 heterocycles. The van der Waals surface area contributed by atoms with E-state index in [0.717, 1.165) is 18.7 Å². The van der Waals surface area contributed by atoms with Crippen LogP contribution in [-0.2, 0) is 16.9 Å². The maximum absolute atomic E-state index is 11.9. The molecule has 1 saturated heterocycles. The Hall–Kier alpha value is -1.56. The van der Waals surface area contributed by atoms with Gasteiger partial charge in [-0.2, -0.15) is 5.10 Å². The number of aromatic nitrogens is 2. The molecule has 0 unspecified atom stereocenters. The van der Waals surface area contributed by atoms with Gasteiger partial charge >= 0.3 is 6.09 Å². The largest absolute Gasteiger partial charge is 0.444 e. The summed E-state index contributed by atoms with van der Waals surface area (Å²) in [6, 6.07) is 1.81. The predicted octanol–water partition coefficient (Wildman–Crippen LogP) is 1.73. The number of nitrogens with zero attached hydrogens (tertiary/aromatic N) is 3. The third-order valence-corrected chi connectivity index (χ3v) is 3.19. The van der Waals surface area contributed by atoms with E-state index < -0.39 is 11.2 Å². The average molecular weight is 281 g/mol. The second-order valence-electron chi connectivity index (χ2n) is 6.31. The van der Waals surface area contributed by atoms with Crippen LogP contribution in [0, 0.1) is 0 Å². The van der Waals surface area contributed by atoms with Crippen molar-refractivity contribution < 1.29 is 14.6 Å². The third-order valence-electron chi connectivity index (χ3n) is 3.19. The Labute approximate surface area is 119 Å². The standard InChI is InChI=1S/C14H23N3O3/c1-5-8-17-11(6-7-15-17)14(19)9-16(10-14)12(18)20-13(2,3)4/h6-7,19H,5,8-10H2,1-4H3. The maximum atomic E-state index is 11.9. The number of aryl methyl sites for hydroxylation is 1. The molecule has 1 aromatic rings. The monoisotopic (exact) mass is 281 g/mol. The lowest BCUT2D eigenvalue weighted by molar-refractivity contribution is -0.108. The van der Waals surface area contributed by atoms with Gasteiger partial charge in [-0.05, 0) is 33.3 Å². The summed E-state index contributed by atoms with van der Waals surface area (Å²) in [7, 11) is 0.